The molecule has 35 heavy (non-hydrogen) atoms. The van der Waals surface area contributed by atoms with E-state index in [9.17, 15) is 5.11 Å². The molecule has 0 radical (unpaired) electrons. The van der Waals surface area contributed by atoms with Gasteiger partial charge in [0, 0.05) is 31.6 Å². The molecule has 0 saturated heterocycles. The van der Waals surface area contributed by atoms with Gasteiger partial charge in [-0.05, 0) is 31.5 Å². The molecule has 0 saturated carbocycles. The molecule has 1 atom stereocenters. The second-order valence-electron chi connectivity index (χ2n) is 8.43. The van der Waals surface area contributed by atoms with E-state index in [1.165, 1.54) is 0 Å². The zero-order valence-corrected chi connectivity index (χ0v) is 21.1. The molecule has 0 fully saturated rings. The van der Waals surface area contributed by atoms with Gasteiger partial charge in [-0.1, -0.05) is 35.5 Å². The van der Waals surface area contributed by atoms with Crippen LogP contribution in [0.2, 0.25) is 0 Å². The minimum atomic E-state index is -0.599. The van der Waals surface area contributed by atoms with Crippen LogP contribution in [0.15, 0.2) is 47.0 Å². The molecule has 9 heteroatoms. The first-order valence-electron chi connectivity index (χ1n) is 11.6. The monoisotopic (exact) mass is 485 g/mol. The van der Waals surface area contributed by atoms with Crippen LogP contribution >= 0.6 is 0 Å². The normalized spacial score (nSPS) is 12.2. The highest BCUT2D eigenvalue weighted by atomic mass is 16.5. The molecule has 2 aromatic carbocycles. The number of aromatic nitrogens is 2. The van der Waals surface area contributed by atoms with Crippen molar-refractivity contribution >= 4 is 0 Å². The topological polar surface area (TPSA) is 99.3 Å². The van der Waals surface area contributed by atoms with Crippen molar-refractivity contribution in [2.45, 2.75) is 39.0 Å². The Morgan fingerprint density at radius 1 is 1.00 bits per heavy atom. The summed E-state index contributed by atoms with van der Waals surface area (Å²) in [6, 6.07) is 13.7. The van der Waals surface area contributed by atoms with Crippen molar-refractivity contribution in [3.63, 3.8) is 0 Å². The van der Waals surface area contributed by atoms with Gasteiger partial charge in [0.25, 0.3) is 0 Å². The number of ether oxygens (including phenoxy) is 4. The van der Waals surface area contributed by atoms with Crippen LogP contribution in [-0.2, 0) is 17.7 Å². The Morgan fingerprint density at radius 2 is 1.69 bits per heavy atom. The predicted octanol–water partition coefficient (Wildman–Crippen LogP) is 3.59. The van der Waals surface area contributed by atoms with E-state index in [1.807, 2.05) is 32.0 Å². The molecular weight excluding hydrogens is 450 g/mol. The van der Waals surface area contributed by atoms with Gasteiger partial charge >= 0.3 is 0 Å². The maximum absolute atomic E-state index is 10.5. The average molecular weight is 486 g/mol. The lowest BCUT2D eigenvalue weighted by molar-refractivity contribution is -0.00957. The third-order valence-electron chi connectivity index (χ3n) is 5.37. The van der Waals surface area contributed by atoms with Crippen LogP contribution in [0.3, 0.4) is 0 Å². The molecule has 1 aromatic heterocycles. The molecule has 1 heterocycles. The highest BCUT2D eigenvalue weighted by Crippen LogP contribution is 2.40. The quantitative estimate of drug-likeness (QED) is 0.367. The zero-order valence-electron chi connectivity index (χ0n) is 21.1. The molecule has 1 N–H and O–H groups in total. The van der Waals surface area contributed by atoms with Crippen LogP contribution in [0.1, 0.15) is 25.3 Å². The minimum absolute atomic E-state index is 0.0687. The molecule has 3 aromatic rings. The van der Waals surface area contributed by atoms with Crippen molar-refractivity contribution in [1.82, 2.24) is 15.0 Å². The summed E-state index contributed by atoms with van der Waals surface area (Å²) in [5.74, 6) is 2.46. The van der Waals surface area contributed by atoms with E-state index in [0.29, 0.717) is 60.6 Å². The van der Waals surface area contributed by atoms with Crippen molar-refractivity contribution in [1.29, 1.82) is 0 Å². The van der Waals surface area contributed by atoms with E-state index >= 15 is 0 Å². The highest BCUT2D eigenvalue weighted by molar-refractivity contribution is 5.66. The van der Waals surface area contributed by atoms with E-state index in [-0.39, 0.29) is 12.7 Å². The number of methoxy groups -OCH3 is 3. The molecule has 0 aliphatic rings. The molecule has 0 spiro atoms. The van der Waals surface area contributed by atoms with E-state index in [0.717, 1.165) is 5.56 Å². The number of hydrogen-bond acceptors (Lipinski definition) is 9. The molecule has 0 amide bonds. The number of hydrogen-bond donors (Lipinski definition) is 1. The molecule has 9 nitrogen and oxygen atoms in total. The largest absolute Gasteiger partial charge is 0.493 e. The number of aliphatic hydroxyl groups excluding tert-OH is 1. The molecule has 0 bridgehead atoms. The number of aliphatic hydroxyl groups is 1. The Hall–Kier alpha value is -3.14. The first-order chi connectivity index (χ1) is 16.9. The van der Waals surface area contributed by atoms with Crippen molar-refractivity contribution in [3.8, 4) is 28.6 Å². The third kappa shape index (κ3) is 7.68. The van der Waals surface area contributed by atoms with Gasteiger partial charge in [0.1, 0.15) is 0 Å². The Balaban J connectivity index is 1.71. The van der Waals surface area contributed by atoms with E-state index in [1.54, 1.807) is 33.5 Å². The fourth-order valence-corrected chi connectivity index (χ4v) is 3.67. The van der Waals surface area contributed by atoms with Gasteiger partial charge in [-0.3, -0.25) is 4.90 Å². The Kier molecular flexibility index (Phi) is 9.89. The van der Waals surface area contributed by atoms with Gasteiger partial charge in [0.05, 0.1) is 40.1 Å². The summed E-state index contributed by atoms with van der Waals surface area (Å²) in [6.07, 6.45) is -0.0000115. The first-order valence-corrected chi connectivity index (χ1v) is 11.6. The highest BCUT2D eigenvalue weighted by Gasteiger charge is 2.19. The van der Waals surface area contributed by atoms with E-state index in [2.05, 4.69) is 27.2 Å². The second-order valence-corrected chi connectivity index (χ2v) is 8.43. The molecule has 3 rings (SSSR count). The summed E-state index contributed by atoms with van der Waals surface area (Å²) in [5.41, 5.74) is 1.85. The number of benzene rings is 2. The molecule has 0 aliphatic heterocycles. The van der Waals surface area contributed by atoms with Crippen molar-refractivity contribution in [2.75, 3.05) is 41.0 Å². The van der Waals surface area contributed by atoms with Gasteiger partial charge < -0.3 is 28.6 Å². The van der Waals surface area contributed by atoms with Crippen LogP contribution in [-0.4, -0.2) is 73.4 Å². The molecule has 190 valence electrons. The van der Waals surface area contributed by atoms with Gasteiger partial charge in [0.2, 0.25) is 17.5 Å². The van der Waals surface area contributed by atoms with Gasteiger partial charge in [0.15, 0.2) is 11.5 Å². The van der Waals surface area contributed by atoms with Crippen molar-refractivity contribution in [3.05, 3.63) is 53.9 Å². The Morgan fingerprint density at radius 3 is 2.29 bits per heavy atom. The van der Waals surface area contributed by atoms with E-state index < -0.39 is 6.10 Å². The summed E-state index contributed by atoms with van der Waals surface area (Å²) < 4.78 is 27.3. The van der Waals surface area contributed by atoms with Crippen LogP contribution in [0.4, 0.5) is 0 Å². The standard InChI is InChI=1S/C26H35N3O6/c1-18(2)34-17-21(30)16-29(15-19-9-7-6-8-10-19)12-11-24-27-26(28-35-24)20-13-22(31-3)25(33-5)23(14-20)32-4/h6-10,13-14,18,21,30H,11-12,15-17H2,1-5H3. The van der Waals surface area contributed by atoms with E-state index in [4.69, 9.17) is 23.5 Å². The van der Waals surface area contributed by atoms with Gasteiger partial charge in [-0.2, -0.15) is 4.98 Å². The zero-order chi connectivity index (χ0) is 25.2. The maximum atomic E-state index is 10.5. The maximum Gasteiger partial charge on any atom is 0.228 e. The molecule has 1 unspecified atom stereocenters. The number of nitrogens with zero attached hydrogens (tertiary/aromatic N) is 3. The SMILES string of the molecule is COc1cc(-c2noc(CCN(Cc3ccccc3)CC(O)COC(C)C)n2)cc(OC)c1OC. The van der Waals surface area contributed by atoms with Gasteiger partial charge in [-0.25, -0.2) is 0 Å². The summed E-state index contributed by atoms with van der Waals surface area (Å²) >= 11 is 0. The second kappa shape index (κ2) is 13.1. The van der Waals surface area contributed by atoms with Crippen molar-refractivity contribution in [2.24, 2.45) is 0 Å². The van der Waals surface area contributed by atoms with Crippen LogP contribution in [0, 0.1) is 0 Å². The Bertz CT molecular complexity index is 1020. The predicted molar refractivity (Wildman–Crippen MR) is 132 cm³/mol. The fourth-order valence-electron chi connectivity index (χ4n) is 3.67. The number of rotatable bonds is 14. The molecular formula is C26H35N3O6. The lowest BCUT2D eigenvalue weighted by Crippen LogP contribution is -2.36. The van der Waals surface area contributed by atoms with Crippen molar-refractivity contribution < 1.29 is 28.6 Å². The Labute approximate surface area is 206 Å². The summed E-state index contributed by atoms with van der Waals surface area (Å²) in [5, 5.41) is 14.6. The summed E-state index contributed by atoms with van der Waals surface area (Å²) in [7, 11) is 4.68. The minimum Gasteiger partial charge on any atom is -0.493 e. The lowest BCUT2D eigenvalue weighted by Gasteiger charge is -2.25. The third-order valence-corrected chi connectivity index (χ3v) is 5.37. The summed E-state index contributed by atoms with van der Waals surface area (Å²) in [4.78, 5) is 6.72. The van der Waals surface area contributed by atoms with Crippen LogP contribution < -0.4 is 14.2 Å². The fraction of sp³-hybridized carbons (Fsp3) is 0.462. The first kappa shape index (κ1) is 26.5. The summed E-state index contributed by atoms with van der Waals surface area (Å²) in [6.45, 7) is 5.98. The average Bonchev–Trinajstić information content (AvgIpc) is 3.35. The van der Waals surface area contributed by atoms with Gasteiger partial charge in [-0.15, -0.1) is 0 Å². The lowest BCUT2D eigenvalue weighted by atomic mass is 10.1. The smallest absolute Gasteiger partial charge is 0.228 e. The van der Waals surface area contributed by atoms with Crippen LogP contribution in [0.25, 0.3) is 11.4 Å². The molecule has 0 aliphatic carbocycles. The van der Waals surface area contributed by atoms with Crippen LogP contribution in [0.5, 0.6) is 17.2 Å².